The summed E-state index contributed by atoms with van der Waals surface area (Å²) in [6.45, 7) is 2.80. The molecule has 0 atom stereocenters. The summed E-state index contributed by atoms with van der Waals surface area (Å²) in [7, 11) is 0. The number of rotatable bonds is 7. The molecule has 3 aromatic carbocycles. The predicted molar refractivity (Wildman–Crippen MR) is 165 cm³/mol. The van der Waals surface area contributed by atoms with E-state index in [-0.39, 0.29) is 17.9 Å². The molecule has 42 heavy (non-hydrogen) atoms. The van der Waals surface area contributed by atoms with Gasteiger partial charge in [0.2, 0.25) is 0 Å². The Bertz CT molecular complexity index is 1980. The number of nitrogens with one attached hydrogen (secondary N) is 1. The second kappa shape index (κ2) is 11.3. The molecule has 1 fully saturated rings. The van der Waals surface area contributed by atoms with Crippen molar-refractivity contribution < 1.29 is 18.7 Å². The molecule has 9 heteroatoms. The highest BCUT2D eigenvalue weighted by atomic mass is 32.1. The van der Waals surface area contributed by atoms with Crippen LogP contribution >= 0.6 is 11.3 Å². The molecule has 1 aliphatic heterocycles. The van der Waals surface area contributed by atoms with Gasteiger partial charge in [-0.1, -0.05) is 30.3 Å². The molecular weight excluding hydrogens is 550 g/mol. The lowest BCUT2D eigenvalue weighted by molar-refractivity contribution is -0.123. The number of ether oxygens (including phenoxy) is 2. The summed E-state index contributed by atoms with van der Waals surface area (Å²) in [5.41, 5.74) is 3.21. The van der Waals surface area contributed by atoms with E-state index in [2.05, 4.69) is 22.4 Å². The molecular formula is C33H27N3O5S. The minimum Gasteiger partial charge on any atom is -0.483 e. The smallest absolute Gasteiger partial charge is 0.258 e. The average Bonchev–Trinajstić information content (AvgIpc) is 3.43. The largest absolute Gasteiger partial charge is 0.483 e. The number of pyridine rings is 1. The SMILES string of the molecule is O=C(COc1ccc(-c2cccc3c(=O)cc(N4CCOCC4)oc23)c2sc3ccccc3c12)NCc1ccncc1. The second-order valence-electron chi connectivity index (χ2n) is 10.1. The van der Waals surface area contributed by atoms with Crippen molar-refractivity contribution in [2.45, 2.75) is 6.54 Å². The number of morpholine rings is 1. The van der Waals surface area contributed by atoms with Crippen LogP contribution in [-0.2, 0) is 16.1 Å². The van der Waals surface area contributed by atoms with Crippen LogP contribution in [0.2, 0.25) is 0 Å². The van der Waals surface area contributed by atoms with Crippen molar-refractivity contribution in [2.24, 2.45) is 0 Å². The number of nitrogens with zero attached hydrogens (tertiary/aromatic N) is 2. The van der Waals surface area contributed by atoms with Gasteiger partial charge in [-0.15, -0.1) is 11.3 Å². The quantitative estimate of drug-likeness (QED) is 0.258. The van der Waals surface area contributed by atoms with Crippen molar-refractivity contribution in [3.8, 4) is 16.9 Å². The van der Waals surface area contributed by atoms with Crippen LogP contribution in [0.3, 0.4) is 0 Å². The van der Waals surface area contributed by atoms with E-state index in [4.69, 9.17) is 13.9 Å². The van der Waals surface area contributed by atoms with Gasteiger partial charge in [0.25, 0.3) is 5.91 Å². The van der Waals surface area contributed by atoms with E-state index in [1.54, 1.807) is 35.9 Å². The summed E-state index contributed by atoms with van der Waals surface area (Å²) in [5.74, 6) is 0.963. The van der Waals surface area contributed by atoms with Crippen LogP contribution in [-0.4, -0.2) is 43.8 Å². The number of anilines is 1. The summed E-state index contributed by atoms with van der Waals surface area (Å²) in [6, 6.07) is 23.0. The fourth-order valence-corrected chi connectivity index (χ4v) is 6.59. The summed E-state index contributed by atoms with van der Waals surface area (Å²) in [5, 5.41) is 5.41. The summed E-state index contributed by atoms with van der Waals surface area (Å²) in [6.07, 6.45) is 3.39. The van der Waals surface area contributed by atoms with E-state index >= 15 is 0 Å². The molecule has 210 valence electrons. The highest BCUT2D eigenvalue weighted by Crippen LogP contribution is 2.45. The van der Waals surface area contributed by atoms with Gasteiger partial charge in [0.15, 0.2) is 17.9 Å². The molecule has 6 aromatic rings. The zero-order valence-electron chi connectivity index (χ0n) is 22.7. The summed E-state index contributed by atoms with van der Waals surface area (Å²) >= 11 is 1.65. The molecule has 1 aliphatic rings. The first-order valence-electron chi connectivity index (χ1n) is 13.8. The first-order valence-corrected chi connectivity index (χ1v) is 14.6. The van der Waals surface area contributed by atoms with Crippen molar-refractivity contribution in [2.75, 3.05) is 37.8 Å². The van der Waals surface area contributed by atoms with Gasteiger partial charge in [0.1, 0.15) is 11.3 Å². The van der Waals surface area contributed by atoms with Crippen LogP contribution < -0.4 is 20.4 Å². The van der Waals surface area contributed by atoms with Crippen LogP contribution in [0.25, 0.3) is 42.3 Å². The van der Waals surface area contributed by atoms with Crippen LogP contribution in [0.15, 0.2) is 94.4 Å². The highest BCUT2D eigenvalue weighted by Gasteiger charge is 2.21. The maximum Gasteiger partial charge on any atom is 0.258 e. The van der Waals surface area contributed by atoms with Gasteiger partial charge in [0.05, 0.1) is 18.6 Å². The van der Waals surface area contributed by atoms with Gasteiger partial charge >= 0.3 is 0 Å². The molecule has 8 nitrogen and oxygen atoms in total. The molecule has 1 saturated heterocycles. The Kier molecular flexibility index (Phi) is 7.03. The number of aromatic nitrogens is 1. The predicted octanol–water partition coefficient (Wildman–Crippen LogP) is 5.75. The van der Waals surface area contributed by atoms with Crippen molar-refractivity contribution in [3.05, 3.63) is 101 Å². The number of hydrogen-bond acceptors (Lipinski definition) is 8. The molecule has 0 radical (unpaired) electrons. The number of para-hydroxylation sites is 1. The topological polar surface area (TPSA) is 93.9 Å². The van der Waals surface area contributed by atoms with Crippen LogP contribution in [0.1, 0.15) is 5.56 Å². The van der Waals surface area contributed by atoms with Crippen molar-refractivity contribution in [1.29, 1.82) is 0 Å². The molecule has 1 N–H and O–H groups in total. The third-order valence-electron chi connectivity index (χ3n) is 7.44. The Labute approximate surface area is 245 Å². The monoisotopic (exact) mass is 577 g/mol. The van der Waals surface area contributed by atoms with Crippen molar-refractivity contribution in [3.63, 3.8) is 0 Å². The summed E-state index contributed by atoms with van der Waals surface area (Å²) < 4.78 is 20.2. The number of carbonyl (C=O) groups excluding carboxylic acids is 1. The van der Waals surface area contributed by atoms with Gasteiger partial charge in [-0.3, -0.25) is 14.6 Å². The van der Waals surface area contributed by atoms with E-state index in [1.165, 1.54) is 0 Å². The fraction of sp³-hybridized carbons (Fsp3) is 0.182. The Morgan fingerprint density at radius 3 is 2.62 bits per heavy atom. The molecule has 0 unspecified atom stereocenters. The normalized spacial score (nSPS) is 13.6. The van der Waals surface area contributed by atoms with Crippen molar-refractivity contribution >= 4 is 54.3 Å². The number of thiophene rings is 1. The number of hydrogen-bond donors (Lipinski definition) is 1. The Balaban J connectivity index is 1.28. The maximum atomic E-state index is 13.2. The third kappa shape index (κ3) is 4.97. The molecule has 0 saturated carbocycles. The number of carbonyl (C=O) groups is 1. The molecule has 4 heterocycles. The molecule has 0 aliphatic carbocycles. The highest BCUT2D eigenvalue weighted by molar-refractivity contribution is 7.26. The Hall–Kier alpha value is -4.73. The van der Waals surface area contributed by atoms with E-state index < -0.39 is 0 Å². The van der Waals surface area contributed by atoms with Gasteiger partial charge in [-0.2, -0.15) is 0 Å². The van der Waals surface area contributed by atoms with E-state index in [9.17, 15) is 9.59 Å². The minimum absolute atomic E-state index is 0.0788. The fourth-order valence-electron chi connectivity index (χ4n) is 5.34. The molecule has 1 amide bonds. The average molecular weight is 578 g/mol. The second-order valence-corrected chi connectivity index (χ2v) is 11.1. The van der Waals surface area contributed by atoms with E-state index in [1.807, 2.05) is 53.4 Å². The number of amides is 1. The van der Waals surface area contributed by atoms with Gasteiger partial charge in [-0.25, -0.2) is 0 Å². The van der Waals surface area contributed by atoms with Gasteiger partial charge < -0.3 is 24.1 Å². The molecule has 0 spiro atoms. The van der Waals surface area contributed by atoms with Gasteiger partial charge in [0, 0.05) is 69.4 Å². The standard InChI is InChI=1S/C33H27N3O5S/c37-26-18-30(36-14-16-39-17-15-36)41-32-22(5-3-6-24(26)32)23-8-9-27(31-25-4-1-2-7-28(25)42-33(23)31)40-20-29(38)35-19-21-10-12-34-13-11-21/h1-13,18H,14-17,19-20H2,(H,35,38). The lowest BCUT2D eigenvalue weighted by Crippen LogP contribution is -2.36. The summed E-state index contributed by atoms with van der Waals surface area (Å²) in [4.78, 5) is 31.9. The number of fused-ring (bicyclic) bond motifs is 4. The zero-order chi connectivity index (χ0) is 28.5. The van der Waals surface area contributed by atoms with E-state index in [0.29, 0.717) is 55.5 Å². The minimum atomic E-state index is -0.213. The Morgan fingerprint density at radius 1 is 0.952 bits per heavy atom. The van der Waals surface area contributed by atoms with Crippen molar-refractivity contribution in [1.82, 2.24) is 10.3 Å². The lowest BCUT2D eigenvalue weighted by Gasteiger charge is -2.27. The third-order valence-corrected chi connectivity index (χ3v) is 8.64. The lowest BCUT2D eigenvalue weighted by atomic mass is 10.00. The first-order chi connectivity index (χ1) is 20.7. The maximum absolute atomic E-state index is 13.2. The zero-order valence-corrected chi connectivity index (χ0v) is 23.5. The van der Waals surface area contributed by atoms with Crippen LogP contribution in [0.4, 0.5) is 5.88 Å². The Morgan fingerprint density at radius 2 is 1.76 bits per heavy atom. The van der Waals surface area contributed by atoms with Crippen LogP contribution in [0, 0.1) is 0 Å². The van der Waals surface area contributed by atoms with E-state index in [0.717, 1.165) is 36.9 Å². The number of benzene rings is 3. The molecule has 7 rings (SSSR count). The molecule has 0 bridgehead atoms. The first kappa shape index (κ1) is 26.2. The van der Waals surface area contributed by atoms with Gasteiger partial charge in [-0.05, 0) is 42.0 Å². The molecule has 3 aromatic heterocycles. The van der Waals surface area contributed by atoms with Crippen LogP contribution in [0.5, 0.6) is 5.75 Å².